The fraction of sp³-hybridized carbons (Fsp3) is 0.182. The predicted molar refractivity (Wildman–Crippen MR) is 52.8 cm³/mol. The number of carboxylic acid groups (broad SMARTS) is 1. The highest BCUT2D eigenvalue weighted by Crippen LogP contribution is 2.15. The lowest BCUT2D eigenvalue weighted by Crippen LogP contribution is -2.00. The van der Waals surface area contributed by atoms with E-state index in [1.807, 2.05) is 32.1 Å². The SMILES string of the molecule is CC=Cc1c(C)cccc1C(=O)O. The van der Waals surface area contributed by atoms with Crippen LogP contribution in [0.25, 0.3) is 6.08 Å². The molecule has 13 heavy (non-hydrogen) atoms. The van der Waals surface area contributed by atoms with Crippen LogP contribution >= 0.6 is 0 Å². The lowest BCUT2D eigenvalue weighted by atomic mass is 10.0. The maximum Gasteiger partial charge on any atom is 0.336 e. The molecule has 1 aromatic rings. The van der Waals surface area contributed by atoms with E-state index in [1.54, 1.807) is 12.1 Å². The highest BCUT2D eigenvalue weighted by atomic mass is 16.4. The molecule has 1 aromatic carbocycles. The Labute approximate surface area is 77.5 Å². The fourth-order valence-electron chi connectivity index (χ4n) is 1.26. The van der Waals surface area contributed by atoms with Crippen molar-refractivity contribution in [3.8, 4) is 0 Å². The molecule has 2 heteroatoms. The van der Waals surface area contributed by atoms with Gasteiger partial charge >= 0.3 is 5.97 Å². The first kappa shape index (κ1) is 9.52. The molecule has 0 heterocycles. The van der Waals surface area contributed by atoms with Gasteiger partial charge in [-0.05, 0) is 31.0 Å². The highest BCUT2D eigenvalue weighted by Gasteiger charge is 2.08. The molecule has 1 rings (SSSR count). The molecule has 0 amide bonds. The smallest absolute Gasteiger partial charge is 0.336 e. The number of carboxylic acids is 1. The van der Waals surface area contributed by atoms with E-state index in [1.165, 1.54) is 0 Å². The third-order valence-electron chi connectivity index (χ3n) is 1.89. The normalized spacial score (nSPS) is 10.6. The molecule has 0 aliphatic rings. The molecule has 0 atom stereocenters. The molecule has 68 valence electrons. The molecular formula is C11H12O2. The summed E-state index contributed by atoms with van der Waals surface area (Å²) in [6, 6.07) is 5.28. The summed E-state index contributed by atoms with van der Waals surface area (Å²) in [5.41, 5.74) is 2.13. The average molecular weight is 176 g/mol. The van der Waals surface area contributed by atoms with E-state index in [-0.39, 0.29) is 0 Å². The first-order chi connectivity index (χ1) is 6.16. The van der Waals surface area contributed by atoms with Gasteiger partial charge in [0.2, 0.25) is 0 Å². The van der Waals surface area contributed by atoms with Crippen LogP contribution in [0.5, 0.6) is 0 Å². The van der Waals surface area contributed by atoms with E-state index in [0.29, 0.717) is 5.56 Å². The maximum atomic E-state index is 10.8. The molecule has 1 N–H and O–H groups in total. The third kappa shape index (κ3) is 1.96. The quantitative estimate of drug-likeness (QED) is 0.752. The summed E-state index contributed by atoms with van der Waals surface area (Å²) in [5, 5.41) is 8.88. The van der Waals surface area contributed by atoms with Crippen molar-refractivity contribution in [1.82, 2.24) is 0 Å². The minimum atomic E-state index is -0.878. The van der Waals surface area contributed by atoms with Gasteiger partial charge in [0.05, 0.1) is 5.56 Å². The Morgan fingerprint density at radius 2 is 2.15 bits per heavy atom. The van der Waals surface area contributed by atoms with Gasteiger partial charge in [-0.15, -0.1) is 0 Å². The van der Waals surface area contributed by atoms with Crippen LogP contribution < -0.4 is 0 Å². The van der Waals surface area contributed by atoms with E-state index >= 15 is 0 Å². The first-order valence-electron chi connectivity index (χ1n) is 4.12. The number of aryl methyl sites for hydroxylation is 1. The van der Waals surface area contributed by atoms with Gasteiger partial charge < -0.3 is 5.11 Å². The van der Waals surface area contributed by atoms with Crippen LogP contribution in [-0.2, 0) is 0 Å². The number of hydrogen-bond acceptors (Lipinski definition) is 1. The van der Waals surface area contributed by atoms with Crippen LogP contribution in [-0.4, -0.2) is 11.1 Å². The Balaban J connectivity index is 3.33. The molecular weight excluding hydrogens is 164 g/mol. The number of aromatic carboxylic acids is 1. The largest absolute Gasteiger partial charge is 0.478 e. The topological polar surface area (TPSA) is 37.3 Å². The van der Waals surface area contributed by atoms with Crippen LogP contribution in [0.2, 0.25) is 0 Å². The molecule has 0 saturated heterocycles. The van der Waals surface area contributed by atoms with E-state index in [2.05, 4.69) is 0 Å². The Hall–Kier alpha value is -1.57. The van der Waals surface area contributed by atoms with Gasteiger partial charge in [0.25, 0.3) is 0 Å². The number of allylic oxidation sites excluding steroid dienone is 1. The number of rotatable bonds is 2. The van der Waals surface area contributed by atoms with Gasteiger partial charge in [-0.1, -0.05) is 24.3 Å². The second-order valence-corrected chi connectivity index (χ2v) is 2.84. The van der Waals surface area contributed by atoms with Gasteiger partial charge in [-0.3, -0.25) is 0 Å². The van der Waals surface area contributed by atoms with Gasteiger partial charge in [-0.2, -0.15) is 0 Å². The summed E-state index contributed by atoms with van der Waals surface area (Å²) in [6.45, 7) is 3.78. The van der Waals surface area contributed by atoms with Gasteiger partial charge in [0, 0.05) is 0 Å². The molecule has 0 saturated carbocycles. The summed E-state index contributed by atoms with van der Waals surface area (Å²) in [7, 11) is 0. The molecule has 0 aliphatic carbocycles. The van der Waals surface area contributed by atoms with Crippen LogP contribution in [0.15, 0.2) is 24.3 Å². The molecule has 2 nitrogen and oxygen atoms in total. The van der Waals surface area contributed by atoms with E-state index in [0.717, 1.165) is 11.1 Å². The summed E-state index contributed by atoms with van der Waals surface area (Å²) in [6.07, 6.45) is 3.66. The van der Waals surface area contributed by atoms with Crippen molar-refractivity contribution < 1.29 is 9.90 Å². The molecule has 0 spiro atoms. The van der Waals surface area contributed by atoms with E-state index in [4.69, 9.17) is 5.11 Å². The lowest BCUT2D eigenvalue weighted by molar-refractivity contribution is 0.0696. The molecule has 0 bridgehead atoms. The summed E-state index contributed by atoms with van der Waals surface area (Å²) in [5.74, 6) is -0.878. The predicted octanol–water partition coefficient (Wildman–Crippen LogP) is 2.73. The van der Waals surface area contributed by atoms with E-state index < -0.39 is 5.97 Å². The van der Waals surface area contributed by atoms with Crippen molar-refractivity contribution in [3.63, 3.8) is 0 Å². The molecule has 0 unspecified atom stereocenters. The third-order valence-corrected chi connectivity index (χ3v) is 1.89. The van der Waals surface area contributed by atoms with Crippen molar-refractivity contribution in [3.05, 3.63) is 41.0 Å². The molecule has 0 radical (unpaired) electrons. The van der Waals surface area contributed by atoms with Crippen LogP contribution in [0.3, 0.4) is 0 Å². The van der Waals surface area contributed by atoms with Crippen molar-refractivity contribution in [2.24, 2.45) is 0 Å². The van der Waals surface area contributed by atoms with Crippen LogP contribution in [0.4, 0.5) is 0 Å². The Kier molecular flexibility index (Phi) is 2.85. The zero-order valence-electron chi connectivity index (χ0n) is 7.74. The zero-order valence-corrected chi connectivity index (χ0v) is 7.74. The van der Waals surface area contributed by atoms with Crippen molar-refractivity contribution in [2.45, 2.75) is 13.8 Å². The molecule has 0 fully saturated rings. The molecule has 0 aromatic heterocycles. The lowest BCUT2D eigenvalue weighted by Gasteiger charge is -2.03. The number of benzene rings is 1. The van der Waals surface area contributed by atoms with Gasteiger partial charge in [-0.25, -0.2) is 4.79 Å². The Bertz CT molecular complexity index is 351. The van der Waals surface area contributed by atoms with Gasteiger partial charge in [0.15, 0.2) is 0 Å². The van der Waals surface area contributed by atoms with E-state index in [9.17, 15) is 4.79 Å². The minimum Gasteiger partial charge on any atom is -0.478 e. The molecule has 0 aliphatic heterocycles. The van der Waals surface area contributed by atoms with Crippen molar-refractivity contribution >= 4 is 12.0 Å². The Morgan fingerprint density at radius 1 is 1.46 bits per heavy atom. The summed E-state index contributed by atoms with van der Waals surface area (Å²) < 4.78 is 0. The maximum absolute atomic E-state index is 10.8. The second kappa shape index (κ2) is 3.90. The number of carbonyl (C=O) groups is 1. The van der Waals surface area contributed by atoms with Crippen LogP contribution in [0.1, 0.15) is 28.4 Å². The monoisotopic (exact) mass is 176 g/mol. The summed E-state index contributed by atoms with van der Waals surface area (Å²) in [4.78, 5) is 10.8. The first-order valence-corrected chi connectivity index (χ1v) is 4.12. The van der Waals surface area contributed by atoms with Crippen molar-refractivity contribution in [1.29, 1.82) is 0 Å². The minimum absolute atomic E-state index is 0.359. The van der Waals surface area contributed by atoms with Crippen molar-refractivity contribution in [2.75, 3.05) is 0 Å². The van der Waals surface area contributed by atoms with Gasteiger partial charge in [0.1, 0.15) is 0 Å². The average Bonchev–Trinajstić information content (AvgIpc) is 2.08. The fourth-order valence-corrected chi connectivity index (χ4v) is 1.26. The second-order valence-electron chi connectivity index (χ2n) is 2.84. The van der Waals surface area contributed by atoms with Crippen LogP contribution in [0, 0.1) is 6.92 Å². The Morgan fingerprint density at radius 3 is 2.69 bits per heavy atom. The number of hydrogen-bond donors (Lipinski definition) is 1. The standard InChI is InChI=1S/C11H12O2/c1-3-5-9-8(2)6-4-7-10(9)11(12)13/h3-7H,1-2H3,(H,12,13). The summed E-state index contributed by atoms with van der Waals surface area (Å²) >= 11 is 0. The highest BCUT2D eigenvalue weighted by molar-refractivity contribution is 5.92. The zero-order chi connectivity index (χ0) is 9.84.